The molecule has 0 spiro atoms. The normalized spacial score (nSPS) is 14.1. The Balaban J connectivity index is 3.31. The highest BCUT2D eigenvalue weighted by atomic mass is 15.1. The zero-order valence-corrected chi connectivity index (χ0v) is 7.65. The highest BCUT2D eigenvalue weighted by molar-refractivity contribution is 4.63. The Hall–Kier alpha value is -0.0800. The fraction of sp³-hybridized carbons (Fsp3) is 1.00. The van der Waals surface area contributed by atoms with Gasteiger partial charge in [-0.1, -0.05) is 13.8 Å². The van der Waals surface area contributed by atoms with Gasteiger partial charge in [-0.05, 0) is 27.1 Å². The van der Waals surface area contributed by atoms with E-state index >= 15 is 0 Å². The third kappa shape index (κ3) is 3.85. The van der Waals surface area contributed by atoms with Gasteiger partial charge in [0, 0.05) is 12.6 Å². The second kappa shape index (κ2) is 5.69. The Morgan fingerprint density at radius 2 is 2.00 bits per heavy atom. The molecule has 0 aliphatic rings. The molecule has 0 fully saturated rings. The Labute approximate surface area is 64.6 Å². The van der Waals surface area contributed by atoms with Gasteiger partial charge in [-0.2, -0.15) is 0 Å². The summed E-state index contributed by atoms with van der Waals surface area (Å²) in [6, 6.07) is 0.657. The van der Waals surface area contributed by atoms with Gasteiger partial charge in [0.15, 0.2) is 0 Å². The zero-order chi connectivity index (χ0) is 7.98. The SMILES string of the molecule is CCNC[C@H](C)N(C)CC. The maximum absolute atomic E-state index is 3.32. The molecule has 0 unspecified atom stereocenters. The van der Waals surface area contributed by atoms with Crippen LogP contribution in [0, 0.1) is 0 Å². The van der Waals surface area contributed by atoms with Crippen LogP contribution in [0.4, 0.5) is 0 Å². The monoisotopic (exact) mass is 144 g/mol. The summed E-state index contributed by atoms with van der Waals surface area (Å²) in [6.45, 7) is 9.86. The molecule has 0 rings (SSSR count). The molecule has 0 aromatic rings. The Morgan fingerprint density at radius 1 is 1.40 bits per heavy atom. The molecule has 2 heteroatoms. The summed E-state index contributed by atoms with van der Waals surface area (Å²) in [5.41, 5.74) is 0. The van der Waals surface area contributed by atoms with Gasteiger partial charge in [0.1, 0.15) is 0 Å². The van der Waals surface area contributed by atoms with E-state index in [0.29, 0.717) is 6.04 Å². The van der Waals surface area contributed by atoms with Crippen molar-refractivity contribution in [3.63, 3.8) is 0 Å². The lowest BCUT2D eigenvalue weighted by Gasteiger charge is -2.22. The lowest BCUT2D eigenvalue weighted by molar-refractivity contribution is 0.264. The van der Waals surface area contributed by atoms with Crippen LogP contribution in [-0.4, -0.2) is 37.6 Å². The van der Waals surface area contributed by atoms with Crippen molar-refractivity contribution in [3.8, 4) is 0 Å². The fourth-order valence-electron chi connectivity index (χ4n) is 0.821. The van der Waals surface area contributed by atoms with Gasteiger partial charge in [0.25, 0.3) is 0 Å². The van der Waals surface area contributed by atoms with Crippen LogP contribution >= 0.6 is 0 Å². The second-order valence-corrected chi connectivity index (χ2v) is 2.73. The maximum atomic E-state index is 3.32. The number of likely N-dealkylation sites (N-methyl/N-ethyl adjacent to an activating group) is 2. The van der Waals surface area contributed by atoms with Gasteiger partial charge in [-0.15, -0.1) is 0 Å². The molecule has 0 aliphatic heterocycles. The van der Waals surface area contributed by atoms with Crippen molar-refractivity contribution in [1.82, 2.24) is 10.2 Å². The first-order chi connectivity index (χ1) is 4.72. The molecule has 0 saturated carbocycles. The summed E-state index contributed by atoms with van der Waals surface area (Å²) in [5, 5.41) is 3.32. The largest absolute Gasteiger partial charge is 0.315 e. The van der Waals surface area contributed by atoms with Crippen LogP contribution in [0.25, 0.3) is 0 Å². The lowest BCUT2D eigenvalue weighted by atomic mass is 10.3. The molecule has 0 radical (unpaired) electrons. The van der Waals surface area contributed by atoms with Gasteiger partial charge in [-0.25, -0.2) is 0 Å². The van der Waals surface area contributed by atoms with Crippen molar-refractivity contribution in [2.75, 3.05) is 26.7 Å². The molecule has 0 saturated heterocycles. The Morgan fingerprint density at radius 3 is 2.40 bits per heavy atom. The average molecular weight is 144 g/mol. The first kappa shape index (κ1) is 9.92. The van der Waals surface area contributed by atoms with E-state index in [-0.39, 0.29) is 0 Å². The summed E-state index contributed by atoms with van der Waals surface area (Å²) >= 11 is 0. The van der Waals surface area contributed by atoms with Crippen molar-refractivity contribution in [1.29, 1.82) is 0 Å². The Kier molecular flexibility index (Phi) is 5.64. The summed E-state index contributed by atoms with van der Waals surface area (Å²) in [6.07, 6.45) is 0. The minimum Gasteiger partial charge on any atom is -0.315 e. The van der Waals surface area contributed by atoms with E-state index < -0.39 is 0 Å². The number of nitrogens with zero attached hydrogens (tertiary/aromatic N) is 1. The zero-order valence-electron chi connectivity index (χ0n) is 7.65. The predicted octanol–water partition coefficient (Wildman–Crippen LogP) is 0.936. The van der Waals surface area contributed by atoms with E-state index in [2.05, 4.69) is 38.0 Å². The van der Waals surface area contributed by atoms with E-state index in [1.165, 1.54) is 0 Å². The molecule has 1 N–H and O–H groups in total. The molecule has 1 atom stereocenters. The summed E-state index contributed by atoms with van der Waals surface area (Å²) in [7, 11) is 2.15. The van der Waals surface area contributed by atoms with Crippen molar-refractivity contribution in [3.05, 3.63) is 0 Å². The average Bonchev–Trinajstić information content (AvgIpc) is 1.98. The lowest BCUT2D eigenvalue weighted by Crippen LogP contribution is -2.37. The molecule has 0 amide bonds. The van der Waals surface area contributed by atoms with Crippen molar-refractivity contribution >= 4 is 0 Å². The molecule has 10 heavy (non-hydrogen) atoms. The van der Waals surface area contributed by atoms with Crippen molar-refractivity contribution < 1.29 is 0 Å². The number of hydrogen-bond acceptors (Lipinski definition) is 2. The highest BCUT2D eigenvalue weighted by Gasteiger charge is 2.04. The molecule has 62 valence electrons. The van der Waals surface area contributed by atoms with Crippen molar-refractivity contribution in [2.24, 2.45) is 0 Å². The van der Waals surface area contributed by atoms with E-state index in [0.717, 1.165) is 19.6 Å². The summed E-state index contributed by atoms with van der Waals surface area (Å²) in [4.78, 5) is 2.34. The van der Waals surface area contributed by atoms with Crippen LogP contribution in [0.3, 0.4) is 0 Å². The van der Waals surface area contributed by atoms with E-state index in [1.807, 2.05) is 0 Å². The quantitative estimate of drug-likeness (QED) is 0.617. The highest BCUT2D eigenvalue weighted by Crippen LogP contribution is 1.91. The van der Waals surface area contributed by atoms with Crippen LogP contribution < -0.4 is 5.32 Å². The van der Waals surface area contributed by atoms with Crippen LogP contribution in [0.15, 0.2) is 0 Å². The van der Waals surface area contributed by atoms with Gasteiger partial charge in [0.2, 0.25) is 0 Å². The van der Waals surface area contributed by atoms with Crippen LogP contribution in [0.1, 0.15) is 20.8 Å². The van der Waals surface area contributed by atoms with E-state index in [4.69, 9.17) is 0 Å². The van der Waals surface area contributed by atoms with Crippen LogP contribution in [-0.2, 0) is 0 Å². The number of hydrogen-bond donors (Lipinski definition) is 1. The molecule has 0 heterocycles. The Bertz CT molecular complexity index is 73.7. The third-order valence-corrected chi connectivity index (χ3v) is 1.94. The summed E-state index contributed by atoms with van der Waals surface area (Å²) in [5.74, 6) is 0. The van der Waals surface area contributed by atoms with Crippen LogP contribution in [0.2, 0.25) is 0 Å². The second-order valence-electron chi connectivity index (χ2n) is 2.73. The smallest absolute Gasteiger partial charge is 0.0189 e. The molecule has 0 aromatic carbocycles. The number of rotatable bonds is 5. The summed E-state index contributed by atoms with van der Waals surface area (Å²) < 4.78 is 0. The third-order valence-electron chi connectivity index (χ3n) is 1.94. The fourth-order valence-corrected chi connectivity index (χ4v) is 0.821. The standard InChI is InChI=1S/C8H20N2/c1-5-9-7-8(3)10(4)6-2/h8-9H,5-7H2,1-4H3/t8-/m0/s1. The molecule has 0 aliphatic carbocycles. The molecular weight excluding hydrogens is 124 g/mol. The minimum absolute atomic E-state index is 0.657. The van der Waals surface area contributed by atoms with Gasteiger partial charge >= 0.3 is 0 Å². The first-order valence-electron chi connectivity index (χ1n) is 4.13. The van der Waals surface area contributed by atoms with E-state index in [9.17, 15) is 0 Å². The maximum Gasteiger partial charge on any atom is 0.0189 e. The van der Waals surface area contributed by atoms with Crippen LogP contribution in [0.5, 0.6) is 0 Å². The molecule has 0 aromatic heterocycles. The van der Waals surface area contributed by atoms with Gasteiger partial charge in [-0.3, -0.25) is 0 Å². The molecular formula is C8H20N2. The van der Waals surface area contributed by atoms with Crippen molar-refractivity contribution in [2.45, 2.75) is 26.8 Å². The predicted molar refractivity (Wildman–Crippen MR) is 46.3 cm³/mol. The molecule has 0 bridgehead atoms. The topological polar surface area (TPSA) is 15.3 Å². The molecule has 2 nitrogen and oxygen atoms in total. The first-order valence-corrected chi connectivity index (χ1v) is 4.13. The minimum atomic E-state index is 0.657. The van der Waals surface area contributed by atoms with Gasteiger partial charge in [0.05, 0.1) is 0 Å². The van der Waals surface area contributed by atoms with E-state index in [1.54, 1.807) is 0 Å². The number of nitrogens with one attached hydrogen (secondary N) is 1. The van der Waals surface area contributed by atoms with Gasteiger partial charge < -0.3 is 10.2 Å².